The molecule has 0 radical (unpaired) electrons. The fourth-order valence-electron chi connectivity index (χ4n) is 2.58. The fraction of sp³-hybridized carbons (Fsp3) is 0.500. The van der Waals surface area contributed by atoms with E-state index >= 15 is 0 Å². The standard InChI is InChI=1S/C16H22BrN3S/c1-5-6-18-8-10(2)15-11(3)19-16(20-12(15)4)14-7-13(17)9-21-14/h7,9-10,18H,5-6,8H2,1-4H3. The molecule has 2 aromatic heterocycles. The second-order valence-electron chi connectivity index (χ2n) is 5.37. The molecule has 0 saturated heterocycles. The molecule has 0 fully saturated rings. The first kappa shape index (κ1) is 16.6. The molecule has 3 nitrogen and oxygen atoms in total. The van der Waals surface area contributed by atoms with Gasteiger partial charge < -0.3 is 5.32 Å². The lowest BCUT2D eigenvalue weighted by Gasteiger charge is -2.17. The summed E-state index contributed by atoms with van der Waals surface area (Å²) in [5, 5.41) is 5.54. The third kappa shape index (κ3) is 4.11. The van der Waals surface area contributed by atoms with Crippen LogP contribution in [0.2, 0.25) is 0 Å². The van der Waals surface area contributed by atoms with Gasteiger partial charge in [-0.05, 0) is 60.3 Å². The summed E-state index contributed by atoms with van der Waals surface area (Å²) < 4.78 is 1.09. The lowest BCUT2D eigenvalue weighted by molar-refractivity contribution is 0.601. The smallest absolute Gasteiger partial charge is 0.169 e. The number of hydrogen-bond donors (Lipinski definition) is 1. The Morgan fingerprint density at radius 2 is 1.95 bits per heavy atom. The van der Waals surface area contributed by atoms with Crippen LogP contribution in [0.25, 0.3) is 10.7 Å². The number of thiophene rings is 1. The normalized spacial score (nSPS) is 12.6. The highest BCUT2D eigenvalue weighted by molar-refractivity contribution is 9.10. The largest absolute Gasteiger partial charge is 0.316 e. The van der Waals surface area contributed by atoms with Gasteiger partial charge in [0.1, 0.15) is 0 Å². The summed E-state index contributed by atoms with van der Waals surface area (Å²) in [7, 11) is 0. The zero-order chi connectivity index (χ0) is 15.4. The minimum absolute atomic E-state index is 0.431. The van der Waals surface area contributed by atoms with E-state index in [2.05, 4.69) is 60.4 Å². The third-order valence-corrected chi connectivity index (χ3v) is 5.17. The minimum atomic E-state index is 0.431. The first-order chi connectivity index (χ1) is 10.0. The minimum Gasteiger partial charge on any atom is -0.316 e. The molecule has 21 heavy (non-hydrogen) atoms. The van der Waals surface area contributed by atoms with Crippen molar-refractivity contribution in [2.45, 2.75) is 40.0 Å². The monoisotopic (exact) mass is 367 g/mol. The van der Waals surface area contributed by atoms with Crippen LogP contribution < -0.4 is 5.32 Å². The second-order valence-corrected chi connectivity index (χ2v) is 7.19. The third-order valence-electron chi connectivity index (χ3n) is 3.48. The molecule has 2 aromatic rings. The van der Waals surface area contributed by atoms with Crippen LogP contribution in [0.5, 0.6) is 0 Å². The van der Waals surface area contributed by atoms with Crippen molar-refractivity contribution in [2.24, 2.45) is 0 Å². The van der Waals surface area contributed by atoms with Crippen LogP contribution in [0.1, 0.15) is 43.1 Å². The van der Waals surface area contributed by atoms with Crippen LogP contribution in [0.3, 0.4) is 0 Å². The van der Waals surface area contributed by atoms with E-state index in [1.807, 2.05) is 0 Å². The molecule has 0 aliphatic heterocycles. The highest BCUT2D eigenvalue weighted by atomic mass is 79.9. The number of hydrogen-bond acceptors (Lipinski definition) is 4. The first-order valence-corrected chi connectivity index (χ1v) is 9.00. The van der Waals surface area contributed by atoms with Gasteiger partial charge in [0.15, 0.2) is 5.82 Å². The molecule has 2 rings (SSSR count). The Labute approximate surface area is 139 Å². The molecule has 1 atom stereocenters. The van der Waals surface area contributed by atoms with Crippen LogP contribution in [0.4, 0.5) is 0 Å². The van der Waals surface area contributed by atoms with E-state index in [0.29, 0.717) is 5.92 Å². The molecule has 0 saturated carbocycles. The van der Waals surface area contributed by atoms with E-state index in [-0.39, 0.29) is 0 Å². The Hall–Kier alpha value is -0.780. The molecule has 1 unspecified atom stereocenters. The molecule has 0 bridgehead atoms. The van der Waals surface area contributed by atoms with Gasteiger partial charge in [-0.1, -0.05) is 13.8 Å². The zero-order valence-electron chi connectivity index (χ0n) is 13.0. The van der Waals surface area contributed by atoms with Gasteiger partial charge >= 0.3 is 0 Å². The molecule has 114 valence electrons. The Morgan fingerprint density at radius 3 is 2.48 bits per heavy atom. The Balaban J connectivity index is 2.25. The van der Waals surface area contributed by atoms with E-state index in [9.17, 15) is 0 Å². The molecule has 0 amide bonds. The second kappa shape index (κ2) is 7.47. The highest BCUT2D eigenvalue weighted by Gasteiger charge is 2.16. The van der Waals surface area contributed by atoms with Crippen molar-refractivity contribution in [3.05, 3.63) is 32.9 Å². The van der Waals surface area contributed by atoms with Gasteiger partial charge in [-0.3, -0.25) is 0 Å². The maximum Gasteiger partial charge on any atom is 0.169 e. The summed E-state index contributed by atoms with van der Waals surface area (Å²) in [6.07, 6.45) is 1.16. The number of nitrogens with one attached hydrogen (secondary N) is 1. The molecule has 0 aliphatic rings. The van der Waals surface area contributed by atoms with E-state index in [0.717, 1.165) is 46.1 Å². The molecule has 0 aliphatic carbocycles. The lowest BCUT2D eigenvalue weighted by Crippen LogP contribution is -2.22. The number of nitrogens with zero attached hydrogens (tertiary/aromatic N) is 2. The zero-order valence-corrected chi connectivity index (χ0v) is 15.4. The summed E-state index contributed by atoms with van der Waals surface area (Å²) in [6.45, 7) is 10.6. The van der Waals surface area contributed by atoms with E-state index in [1.54, 1.807) is 11.3 Å². The number of aryl methyl sites for hydroxylation is 2. The van der Waals surface area contributed by atoms with Crippen molar-refractivity contribution in [1.29, 1.82) is 0 Å². The molecular weight excluding hydrogens is 346 g/mol. The Kier molecular flexibility index (Phi) is 5.90. The van der Waals surface area contributed by atoms with E-state index in [1.165, 1.54) is 5.56 Å². The average Bonchev–Trinajstić information content (AvgIpc) is 2.85. The van der Waals surface area contributed by atoms with Gasteiger partial charge in [0, 0.05) is 27.8 Å². The Morgan fingerprint density at radius 1 is 1.29 bits per heavy atom. The molecule has 2 heterocycles. The highest BCUT2D eigenvalue weighted by Crippen LogP contribution is 2.30. The van der Waals surface area contributed by atoms with Crippen LogP contribution in [0, 0.1) is 13.8 Å². The van der Waals surface area contributed by atoms with Crippen molar-refractivity contribution in [1.82, 2.24) is 15.3 Å². The van der Waals surface area contributed by atoms with Crippen LogP contribution >= 0.6 is 27.3 Å². The van der Waals surface area contributed by atoms with Crippen LogP contribution in [0.15, 0.2) is 15.9 Å². The van der Waals surface area contributed by atoms with Gasteiger partial charge in [-0.2, -0.15) is 0 Å². The predicted molar refractivity (Wildman–Crippen MR) is 94.1 cm³/mol. The summed E-state index contributed by atoms with van der Waals surface area (Å²) in [4.78, 5) is 10.5. The molecule has 0 spiro atoms. The molecule has 1 N–H and O–H groups in total. The van der Waals surface area contributed by atoms with Gasteiger partial charge in [0.25, 0.3) is 0 Å². The van der Waals surface area contributed by atoms with Crippen molar-refractivity contribution in [2.75, 3.05) is 13.1 Å². The SMILES string of the molecule is CCCNCC(C)c1c(C)nc(-c2cc(Br)cs2)nc1C. The molecule has 5 heteroatoms. The maximum absolute atomic E-state index is 4.72. The number of rotatable bonds is 6. The van der Waals surface area contributed by atoms with Gasteiger partial charge in [-0.15, -0.1) is 11.3 Å². The van der Waals surface area contributed by atoms with Crippen LogP contribution in [-0.2, 0) is 0 Å². The van der Waals surface area contributed by atoms with Crippen LogP contribution in [-0.4, -0.2) is 23.1 Å². The molecular formula is C16H22BrN3S. The molecule has 0 aromatic carbocycles. The first-order valence-electron chi connectivity index (χ1n) is 7.33. The fourth-order valence-corrected chi connectivity index (χ4v) is 3.94. The van der Waals surface area contributed by atoms with Crippen molar-refractivity contribution in [3.63, 3.8) is 0 Å². The average molecular weight is 368 g/mol. The number of aromatic nitrogens is 2. The van der Waals surface area contributed by atoms with E-state index < -0.39 is 0 Å². The topological polar surface area (TPSA) is 37.8 Å². The number of halogens is 1. The maximum atomic E-state index is 4.72. The van der Waals surface area contributed by atoms with Gasteiger partial charge in [0.2, 0.25) is 0 Å². The Bertz CT molecular complexity index is 586. The van der Waals surface area contributed by atoms with Gasteiger partial charge in [-0.25, -0.2) is 9.97 Å². The summed E-state index contributed by atoms with van der Waals surface area (Å²) in [5.74, 6) is 1.26. The summed E-state index contributed by atoms with van der Waals surface area (Å²) in [6, 6.07) is 2.07. The van der Waals surface area contributed by atoms with E-state index in [4.69, 9.17) is 9.97 Å². The quantitative estimate of drug-likeness (QED) is 0.752. The summed E-state index contributed by atoms with van der Waals surface area (Å²) in [5.41, 5.74) is 3.46. The van der Waals surface area contributed by atoms with Gasteiger partial charge in [0.05, 0.1) is 4.88 Å². The van der Waals surface area contributed by atoms with Crippen molar-refractivity contribution < 1.29 is 0 Å². The van der Waals surface area contributed by atoms with Crippen molar-refractivity contribution in [3.8, 4) is 10.7 Å². The predicted octanol–water partition coefficient (Wildman–Crippen LogP) is 4.69. The van der Waals surface area contributed by atoms with Crippen molar-refractivity contribution >= 4 is 27.3 Å². The summed E-state index contributed by atoms with van der Waals surface area (Å²) >= 11 is 5.15. The lowest BCUT2D eigenvalue weighted by atomic mass is 9.98.